The highest BCUT2D eigenvalue weighted by molar-refractivity contribution is 6.32. The molecule has 0 atom stereocenters. The van der Waals surface area contributed by atoms with Crippen LogP contribution in [0.15, 0.2) is 76.9 Å². The molecule has 0 fully saturated rings. The van der Waals surface area contributed by atoms with Gasteiger partial charge in [0.15, 0.2) is 0 Å². The molecule has 2 heterocycles. The van der Waals surface area contributed by atoms with Crippen molar-refractivity contribution in [1.82, 2.24) is 4.90 Å². The zero-order chi connectivity index (χ0) is 17.1. The van der Waals surface area contributed by atoms with E-state index in [1.165, 1.54) is 16.5 Å². The van der Waals surface area contributed by atoms with Crippen LogP contribution in [0.1, 0.15) is 17.5 Å². The molecule has 0 amide bonds. The second-order valence-corrected chi connectivity index (χ2v) is 6.80. The molecule has 3 heteroatoms. The molecule has 126 valence electrons. The van der Waals surface area contributed by atoms with E-state index in [1.807, 2.05) is 42.7 Å². The summed E-state index contributed by atoms with van der Waals surface area (Å²) >= 11 is 6.23. The quantitative estimate of drug-likeness (QED) is 0.580. The minimum atomic E-state index is 0.789. The molecule has 0 saturated carbocycles. The third-order valence-corrected chi connectivity index (χ3v) is 4.94. The van der Waals surface area contributed by atoms with Crippen molar-refractivity contribution < 1.29 is 4.42 Å². The first-order valence-corrected chi connectivity index (χ1v) is 8.96. The Labute approximate surface area is 153 Å². The molecule has 2 aromatic carbocycles. The van der Waals surface area contributed by atoms with Gasteiger partial charge in [0.1, 0.15) is 5.58 Å². The van der Waals surface area contributed by atoms with Gasteiger partial charge in [0, 0.05) is 35.6 Å². The van der Waals surface area contributed by atoms with Gasteiger partial charge < -0.3 is 4.42 Å². The molecule has 1 aliphatic heterocycles. The number of benzene rings is 2. The zero-order valence-corrected chi connectivity index (χ0v) is 14.7. The van der Waals surface area contributed by atoms with E-state index in [2.05, 4.69) is 35.3 Å². The Kier molecular flexibility index (Phi) is 4.73. The fraction of sp³-hybridized carbons (Fsp3) is 0.182. The van der Waals surface area contributed by atoms with Crippen molar-refractivity contribution in [2.45, 2.75) is 13.0 Å². The highest BCUT2D eigenvalue weighted by atomic mass is 35.5. The monoisotopic (exact) mass is 349 g/mol. The molecule has 0 bridgehead atoms. The van der Waals surface area contributed by atoms with Crippen LogP contribution >= 0.6 is 11.6 Å². The Balaban J connectivity index is 1.46. The largest absolute Gasteiger partial charge is 0.464 e. The molecule has 4 rings (SSSR count). The normalized spacial score (nSPS) is 15.8. The van der Waals surface area contributed by atoms with Crippen LogP contribution in [0.3, 0.4) is 0 Å². The molecule has 0 saturated heterocycles. The van der Waals surface area contributed by atoms with Crippen molar-refractivity contribution in [2.75, 3.05) is 13.1 Å². The molecule has 2 nitrogen and oxygen atoms in total. The summed E-state index contributed by atoms with van der Waals surface area (Å²) in [5.41, 5.74) is 4.61. The van der Waals surface area contributed by atoms with E-state index in [9.17, 15) is 0 Å². The van der Waals surface area contributed by atoms with Crippen molar-refractivity contribution in [3.63, 3.8) is 0 Å². The third-order valence-electron chi connectivity index (χ3n) is 4.60. The van der Waals surface area contributed by atoms with Crippen LogP contribution in [0.5, 0.6) is 0 Å². The lowest BCUT2D eigenvalue weighted by Crippen LogP contribution is -2.28. The number of para-hydroxylation sites is 1. The van der Waals surface area contributed by atoms with Gasteiger partial charge in [-0.2, -0.15) is 0 Å². The number of hydrogen-bond acceptors (Lipinski definition) is 2. The number of rotatable bonds is 4. The average Bonchev–Trinajstić information content (AvgIpc) is 3.05. The Morgan fingerprint density at radius 1 is 1.04 bits per heavy atom. The summed E-state index contributed by atoms with van der Waals surface area (Å²) in [5, 5.41) is 2.00. The van der Waals surface area contributed by atoms with Crippen LogP contribution in [0, 0.1) is 0 Å². The SMILES string of the molecule is Clc1ccccc1C=CC1=CCCN(Cc2coc3ccccc23)C1. The maximum atomic E-state index is 6.23. The number of fused-ring (bicyclic) bond motifs is 1. The number of hydrogen-bond donors (Lipinski definition) is 0. The maximum absolute atomic E-state index is 6.23. The van der Waals surface area contributed by atoms with Crippen LogP contribution in [-0.4, -0.2) is 18.0 Å². The van der Waals surface area contributed by atoms with Crippen molar-refractivity contribution in [3.05, 3.63) is 88.7 Å². The molecule has 1 aromatic heterocycles. The fourth-order valence-corrected chi connectivity index (χ4v) is 3.49. The maximum Gasteiger partial charge on any atom is 0.134 e. The van der Waals surface area contributed by atoms with Crippen LogP contribution < -0.4 is 0 Å². The summed E-state index contributed by atoms with van der Waals surface area (Å²) in [7, 11) is 0. The lowest BCUT2D eigenvalue weighted by Gasteiger charge is -2.25. The van der Waals surface area contributed by atoms with E-state index in [-0.39, 0.29) is 0 Å². The van der Waals surface area contributed by atoms with Gasteiger partial charge in [0.05, 0.1) is 6.26 Å². The highest BCUT2D eigenvalue weighted by Gasteiger charge is 2.14. The summed E-state index contributed by atoms with van der Waals surface area (Å²) in [5.74, 6) is 0. The number of halogens is 1. The van der Waals surface area contributed by atoms with Crippen molar-refractivity contribution in [1.29, 1.82) is 0 Å². The Hall–Kier alpha value is -2.29. The highest BCUT2D eigenvalue weighted by Crippen LogP contribution is 2.24. The first kappa shape index (κ1) is 16.2. The van der Waals surface area contributed by atoms with Crippen LogP contribution in [0.25, 0.3) is 17.0 Å². The summed E-state index contributed by atoms with van der Waals surface area (Å²) in [6.07, 6.45) is 9.56. The predicted octanol–water partition coefficient (Wildman–Crippen LogP) is 5.93. The van der Waals surface area contributed by atoms with Crippen LogP contribution in [-0.2, 0) is 6.54 Å². The number of furan rings is 1. The first-order valence-electron chi connectivity index (χ1n) is 8.59. The molecular formula is C22H20ClNO. The van der Waals surface area contributed by atoms with Crippen LogP contribution in [0.4, 0.5) is 0 Å². The van der Waals surface area contributed by atoms with Gasteiger partial charge >= 0.3 is 0 Å². The Bertz CT molecular complexity index is 938. The molecule has 0 N–H and O–H groups in total. The summed E-state index contributed by atoms with van der Waals surface area (Å²) < 4.78 is 5.67. The van der Waals surface area contributed by atoms with E-state index >= 15 is 0 Å². The lowest BCUT2D eigenvalue weighted by molar-refractivity contribution is 0.285. The van der Waals surface area contributed by atoms with E-state index < -0.39 is 0 Å². The zero-order valence-electron chi connectivity index (χ0n) is 14.0. The topological polar surface area (TPSA) is 16.4 Å². The van der Waals surface area contributed by atoms with Gasteiger partial charge in [-0.3, -0.25) is 4.90 Å². The Morgan fingerprint density at radius 2 is 1.88 bits per heavy atom. The fourth-order valence-electron chi connectivity index (χ4n) is 3.29. The molecule has 25 heavy (non-hydrogen) atoms. The van der Waals surface area contributed by atoms with E-state index in [0.717, 1.165) is 42.2 Å². The van der Waals surface area contributed by atoms with Crippen LogP contribution in [0.2, 0.25) is 5.02 Å². The third kappa shape index (κ3) is 3.71. The van der Waals surface area contributed by atoms with Gasteiger partial charge in [-0.15, -0.1) is 0 Å². The first-order chi connectivity index (χ1) is 12.3. The van der Waals surface area contributed by atoms with Crippen molar-refractivity contribution in [3.8, 4) is 0 Å². The van der Waals surface area contributed by atoms with Gasteiger partial charge in [-0.05, 0) is 29.7 Å². The van der Waals surface area contributed by atoms with Gasteiger partial charge in [-0.25, -0.2) is 0 Å². The average molecular weight is 350 g/mol. The second-order valence-electron chi connectivity index (χ2n) is 6.39. The summed E-state index contributed by atoms with van der Waals surface area (Å²) in [4.78, 5) is 2.46. The summed E-state index contributed by atoms with van der Waals surface area (Å²) in [6, 6.07) is 16.2. The smallest absolute Gasteiger partial charge is 0.134 e. The lowest BCUT2D eigenvalue weighted by atomic mass is 10.1. The van der Waals surface area contributed by atoms with Gasteiger partial charge in [0.25, 0.3) is 0 Å². The molecule has 0 radical (unpaired) electrons. The molecule has 0 aliphatic carbocycles. The Morgan fingerprint density at radius 3 is 2.80 bits per heavy atom. The molecular weight excluding hydrogens is 330 g/mol. The van der Waals surface area contributed by atoms with Gasteiger partial charge in [-0.1, -0.05) is 66.2 Å². The molecule has 3 aromatic rings. The molecule has 0 unspecified atom stereocenters. The summed E-state index contributed by atoms with van der Waals surface area (Å²) in [6.45, 7) is 2.93. The predicted molar refractivity (Wildman–Crippen MR) is 105 cm³/mol. The van der Waals surface area contributed by atoms with E-state index in [4.69, 9.17) is 16.0 Å². The van der Waals surface area contributed by atoms with Crippen molar-refractivity contribution >= 4 is 28.6 Å². The molecule has 0 spiro atoms. The minimum Gasteiger partial charge on any atom is -0.464 e. The second kappa shape index (κ2) is 7.30. The van der Waals surface area contributed by atoms with E-state index in [0.29, 0.717) is 0 Å². The minimum absolute atomic E-state index is 0.789. The molecule has 1 aliphatic rings. The number of nitrogens with zero attached hydrogens (tertiary/aromatic N) is 1. The van der Waals surface area contributed by atoms with Crippen molar-refractivity contribution in [2.24, 2.45) is 0 Å². The van der Waals surface area contributed by atoms with Gasteiger partial charge in [0.2, 0.25) is 0 Å². The standard InChI is InChI=1S/C22H20ClNO/c23-21-9-3-1-7-18(21)12-11-17-6-5-13-24(14-17)15-19-16-25-22-10-4-2-8-20(19)22/h1-4,6-12,16H,5,13-15H2. The van der Waals surface area contributed by atoms with E-state index in [1.54, 1.807) is 0 Å².